The van der Waals surface area contributed by atoms with Gasteiger partial charge < -0.3 is 10.4 Å². The summed E-state index contributed by atoms with van der Waals surface area (Å²) in [5.41, 5.74) is 0. The van der Waals surface area contributed by atoms with E-state index in [-0.39, 0.29) is 17.9 Å². The van der Waals surface area contributed by atoms with Gasteiger partial charge in [-0.25, -0.2) is 0 Å². The first-order valence-electron chi connectivity index (χ1n) is 6.93. The highest BCUT2D eigenvalue weighted by Crippen LogP contribution is 2.41. The minimum atomic E-state index is -0.672. The van der Waals surface area contributed by atoms with Gasteiger partial charge in [0.15, 0.2) is 0 Å². The summed E-state index contributed by atoms with van der Waals surface area (Å²) in [6, 6.07) is 0.977. The number of aliphatic carboxylic acids is 1. The third kappa shape index (κ3) is 2.23. The van der Waals surface area contributed by atoms with E-state index in [1.807, 2.05) is 0 Å². The number of carboxylic acids is 1. The van der Waals surface area contributed by atoms with Gasteiger partial charge in [-0.2, -0.15) is 0 Å². The van der Waals surface area contributed by atoms with Crippen LogP contribution in [-0.4, -0.2) is 46.6 Å². The first kappa shape index (κ1) is 12.0. The molecular weight excluding hydrogens is 232 g/mol. The third-order valence-electron chi connectivity index (χ3n) is 4.54. The number of nitrogens with one attached hydrogen (secondary N) is 1. The summed E-state index contributed by atoms with van der Waals surface area (Å²) in [5.74, 6) is -0.763. The molecule has 3 unspecified atom stereocenters. The van der Waals surface area contributed by atoms with E-state index < -0.39 is 5.97 Å². The number of hydrogen-bond acceptors (Lipinski definition) is 3. The summed E-state index contributed by atoms with van der Waals surface area (Å²) in [6.07, 6.45) is 5.58. The largest absolute Gasteiger partial charge is 0.481 e. The summed E-state index contributed by atoms with van der Waals surface area (Å²) in [4.78, 5) is 25.0. The van der Waals surface area contributed by atoms with E-state index in [9.17, 15) is 9.59 Å². The van der Waals surface area contributed by atoms with Crippen molar-refractivity contribution in [3.05, 3.63) is 0 Å². The molecule has 100 valence electrons. The monoisotopic (exact) mass is 252 g/mol. The van der Waals surface area contributed by atoms with E-state index in [0.29, 0.717) is 18.5 Å². The van der Waals surface area contributed by atoms with Crippen LogP contribution in [0.25, 0.3) is 0 Å². The average Bonchev–Trinajstić information content (AvgIpc) is 2.98. The molecule has 2 aliphatic heterocycles. The lowest BCUT2D eigenvalue weighted by atomic mass is 9.89. The summed E-state index contributed by atoms with van der Waals surface area (Å²) in [6.45, 7) is 0.720. The van der Waals surface area contributed by atoms with Gasteiger partial charge >= 0.3 is 5.97 Å². The van der Waals surface area contributed by atoms with Crippen LogP contribution in [0.1, 0.15) is 38.5 Å². The van der Waals surface area contributed by atoms with E-state index in [1.165, 1.54) is 0 Å². The summed E-state index contributed by atoms with van der Waals surface area (Å²) >= 11 is 0. The molecule has 2 bridgehead atoms. The van der Waals surface area contributed by atoms with Crippen LogP contribution in [0.15, 0.2) is 0 Å². The van der Waals surface area contributed by atoms with Crippen molar-refractivity contribution in [2.24, 2.45) is 5.92 Å². The second kappa shape index (κ2) is 4.53. The van der Waals surface area contributed by atoms with E-state index in [4.69, 9.17) is 5.11 Å². The molecule has 0 aromatic rings. The number of carbonyl (C=O) groups is 2. The topological polar surface area (TPSA) is 69.6 Å². The maximum atomic E-state index is 11.6. The van der Waals surface area contributed by atoms with E-state index in [0.717, 1.165) is 38.6 Å². The Balaban J connectivity index is 1.50. The van der Waals surface area contributed by atoms with Crippen molar-refractivity contribution in [3.63, 3.8) is 0 Å². The molecule has 1 saturated carbocycles. The maximum absolute atomic E-state index is 11.6. The maximum Gasteiger partial charge on any atom is 0.308 e. The smallest absolute Gasteiger partial charge is 0.308 e. The zero-order valence-electron chi connectivity index (χ0n) is 10.5. The Morgan fingerprint density at radius 3 is 2.61 bits per heavy atom. The number of carbonyl (C=O) groups excluding carboxylic acids is 1. The molecule has 2 N–H and O–H groups in total. The molecule has 2 saturated heterocycles. The van der Waals surface area contributed by atoms with Gasteiger partial charge in [0.1, 0.15) is 0 Å². The number of fused-ring (bicyclic) bond motifs is 2. The average molecular weight is 252 g/mol. The van der Waals surface area contributed by atoms with Crippen LogP contribution in [-0.2, 0) is 9.59 Å². The Morgan fingerprint density at radius 1 is 1.22 bits per heavy atom. The Morgan fingerprint density at radius 2 is 2.00 bits per heavy atom. The van der Waals surface area contributed by atoms with E-state index >= 15 is 0 Å². The van der Waals surface area contributed by atoms with Crippen molar-refractivity contribution in [2.45, 2.75) is 56.7 Å². The second-order valence-electron chi connectivity index (χ2n) is 5.81. The van der Waals surface area contributed by atoms with Crippen molar-refractivity contribution in [1.82, 2.24) is 10.2 Å². The lowest BCUT2D eigenvalue weighted by Gasteiger charge is -2.22. The first-order valence-corrected chi connectivity index (χ1v) is 6.93. The Hall–Kier alpha value is -1.10. The predicted octanol–water partition coefficient (Wildman–Crippen LogP) is 0.593. The van der Waals surface area contributed by atoms with Crippen molar-refractivity contribution in [3.8, 4) is 0 Å². The van der Waals surface area contributed by atoms with Gasteiger partial charge in [0.2, 0.25) is 5.91 Å². The number of rotatable bonds is 5. The van der Waals surface area contributed by atoms with Crippen LogP contribution in [0.2, 0.25) is 0 Å². The molecule has 0 spiro atoms. The quantitative estimate of drug-likeness (QED) is 0.751. The highest BCUT2D eigenvalue weighted by atomic mass is 16.4. The summed E-state index contributed by atoms with van der Waals surface area (Å²) in [7, 11) is 0. The molecule has 5 heteroatoms. The first-order chi connectivity index (χ1) is 8.65. The number of hydrogen-bond donors (Lipinski definition) is 2. The van der Waals surface area contributed by atoms with Crippen molar-refractivity contribution in [1.29, 1.82) is 0 Å². The van der Waals surface area contributed by atoms with Crippen LogP contribution in [0.5, 0.6) is 0 Å². The van der Waals surface area contributed by atoms with Crippen molar-refractivity contribution < 1.29 is 14.7 Å². The zero-order valence-corrected chi connectivity index (χ0v) is 10.5. The fraction of sp³-hybridized carbons (Fsp3) is 0.846. The third-order valence-corrected chi connectivity index (χ3v) is 4.54. The number of amides is 1. The Kier molecular flexibility index (Phi) is 3.01. The molecule has 3 atom stereocenters. The van der Waals surface area contributed by atoms with E-state index in [2.05, 4.69) is 10.2 Å². The molecule has 3 rings (SSSR count). The molecule has 3 fully saturated rings. The van der Waals surface area contributed by atoms with Gasteiger partial charge in [0.05, 0.1) is 5.92 Å². The Bertz CT molecular complexity index is 367. The highest BCUT2D eigenvalue weighted by Gasteiger charge is 2.48. The normalized spacial score (nSPS) is 34.8. The predicted molar refractivity (Wildman–Crippen MR) is 65.0 cm³/mol. The van der Waals surface area contributed by atoms with Crippen LogP contribution < -0.4 is 5.32 Å². The molecular formula is C13H20N2O3. The highest BCUT2D eigenvalue weighted by molar-refractivity contribution is 5.76. The molecule has 18 heavy (non-hydrogen) atoms. The van der Waals surface area contributed by atoms with Crippen molar-refractivity contribution >= 4 is 11.9 Å². The fourth-order valence-corrected chi connectivity index (χ4v) is 3.47. The SMILES string of the molecule is O=C(CCN1C2CCC1C(C(=O)O)C2)NC1CC1. The lowest BCUT2D eigenvalue weighted by Crippen LogP contribution is -2.36. The molecule has 0 radical (unpaired) electrons. The summed E-state index contributed by atoms with van der Waals surface area (Å²) < 4.78 is 0. The molecule has 0 aromatic heterocycles. The van der Waals surface area contributed by atoms with Gasteiger partial charge in [-0.05, 0) is 32.1 Å². The lowest BCUT2D eigenvalue weighted by molar-refractivity contribution is -0.142. The van der Waals surface area contributed by atoms with Gasteiger partial charge in [0, 0.05) is 31.1 Å². The van der Waals surface area contributed by atoms with E-state index in [1.54, 1.807) is 0 Å². The molecule has 1 aliphatic carbocycles. The molecule has 3 aliphatic rings. The molecule has 2 heterocycles. The minimum Gasteiger partial charge on any atom is -0.481 e. The van der Waals surface area contributed by atoms with Crippen LogP contribution in [0, 0.1) is 5.92 Å². The van der Waals surface area contributed by atoms with Crippen LogP contribution in [0.4, 0.5) is 0 Å². The summed E-state index contributed by atoms with van der Waals surface area (Å²) in [5, 5.41) is 12.1. The second-order valence-corrected chi connectivity index (χ2v) is 5.81. The van der Waals surface area contributed by atoms with Gasteiger partial charge in [-0.15, -0.1) is 0 Å². The van der Waals surface area contributed by atoms with Crippen molar-refractivity contribution in [2.75, 3.05) is 6.54 Å². The van der Waals surface area contributed by atoms with Crippen LogP contribution >= 0.6 is 0 Å². The number of carboxylic acid groups (broad SMARTS) is 1. The minimum absolute atomic E-state index is 0.121. The molecule has 1 amide bonds. The Labute approximate surface area is 107 Å². The van der Waals surface area contributed by atoms with Gasteiger partial charge in [-0.3, -0.25) is 14.5 Å². The number of nitrogens with zero attached hydrogens (tertiary/aromatic N) is 1. The van der Waals surface area contributed by atoms with Gasteiger partial charge in [-0.1, -0.05) is 0 Å². The standard InChI is InChI=1S/C13H20N2O3/c16-12(14-8-1-2-8)5-6-15-9-3-4-11(15)10(7-9)13(17)18/h8-11H,1-7H2,(H,14,16)(H,17,18). The van der Waals surface area contributed by atoms with Crippen LogP contribution in [0.3, 0.4) is 0 Å². The zero-order chi connectivity index (χ0) is 12.7. The van der Waals surface area contributed by atoms with Gasteiger partial charge in [0.25, 0.3) is 0 Å². The molecule has 0 aromatic carbocycles. The molecule has 5 nitrogen and oxygen atoms in total. The fourth-order valence-electron chi connectivity index (χ4n) is 3.47.